The van der Waals surface area contributed by atoms with Gasteiger partial charge in [0.15, 0.2) is 0 Å². The summed E-state index contributed by atoms with van der Waals surface area (Å²) < 4.78 is 41.2. The highest BCUT2D eigenvalue weighted by Gasteiger charge is 2.71. The minimum absolute atomic E-state index is 0.135. The van der Waals surface area contributed by atoms with Crippen molar-refractivity contribution in [2.75, 3.05) is 39.6 Å². The van der Waals surface area contributed by atoms with E-state index in [9.17, 15) is 0 Å². The van der Waals surface area contributed by atoms with Crippen LogP contribution in [0.2, 0.25) is 33.2 Å². The third kappa shape index (κ3) is 10.6. The largest absolute Gasteiger partial charge is 0.415 e. The average Bonchev–Trinajstić information content (AvgIpc) is 2.81. The molecular formula is C30H66O6Si3. The van der Waals surface area contributed by atoms with Crippen LogP contribution >= 0.6 is 0 Å². The molecule has 9 heteroatoms. The maximum absolute atomic E-state index is 7.57. The third-order valence-corrected chi connectivity index (χ3v) is 25.4. The molecule has 0 aromatic carbocycles. The molecule has 0 amide bonds. The summed E-state index contributed by atoms with van der Waals surface area (Å²) in [6.45, 7) is 31.9. The Balaban J connectivity index is 3.59. The monoisotopic (exact) mass is 606 g/mol. The van der Waals surface area contributed by atoms with Crippen LogP contribution in [-0.4, -0.2) is 65.3 Å². The quantitative estimate of drug-likeness (QED) is 0.114. The molecule has 0 N–H and O–H groups in total. The first kappa shape index (κ1) is 37.4. The molecule has 0 aromatic heterocycles. The van der Waals surface area contributed by atoms with Crippen LogP contribution in [0.5, 0.6) is 0 Å². The topological polar surface area (TPSA) is 55.4 Å². The Morgan fingerprint density at radius 1 is 0.410 bits per heavy atom. The van der Waals surface area contributed by atoms with Gasteiger partial charge in [-0.15, -0.1) is 0 Å². The molecule has 0 saturated carbocycles. The SMILES string of the molecule is CCCCOCC[Si]1(C(C)(C)C)O[Si](CCOCCCC)(C(C)(C)C)O[Si](CCOCCCC)(C(C)(C)C)O1. The lowest BCUT2D eigenvalue weighted by Crippen LogP contribution is -2.77. The van der Waals surface area contributed by atoms with Gasteiger partial charge >= 0.3 is 25.7 Å². The Bertz CT molecular complexity index is 573. The van der Waals surface area contributed by atoms with Crippen LogP contribution in [0, 0.1) is 0 Å². The van der Waals surface area contributed by atoms with Gasteiger partial charge in [0.05, 0.1) is 0 Å². The van der Waals surface area contributed by atoms with E-state index in [2.05, 4.69) is 83.1 Å². The van der Waals surface area contributed by atoms with Crippen molar-refractivity contribution >= 4 is 25.7 Å². The van der Waals surface area contributed by atoms with Gasteiger partial charge < -0.3 is 26.6 Å². The summed E-state index contributed by atoms with van der Waals surface area (Å²) in [5, 5.41) is -0.405. The average molecular weight is 607 g/mol. The van der Waals surface area contributed by atoms with E-state index in [1.54, 1.807) is 0 Å². The standard InChI is InChI=1S/C30H66O6Si3/c1-13-16-19-31-22-25-37(28(4,5)6)34-38(29(7,8)9,26-23-32-20-17-14-2)36-39(35-37,30(10,11)12)27-24-33-21-18-15-3/h13-27H2,1-12H3. The van der Waals surface area contributed by atoms with Crippen molar-refractivity contribution in [2.24, 2.45) is 0 Å². The minimum Gasteiger partial charge on any atom is -0.415 e. The fourth-order valence-corrected chi connectivity index (χ4v) is 26.2. The third-order valence-electron chi connectivity index (χ3n) is 8.07. The molecule has 234 valence electrons. The zero-order valence-electron chi connectivity index (χ0n) is 28.1. The lowest BCUT2D eigenvalue weighted by molar-refractivity contribution is 0.102. The molecule has 1 saturated heterocycles. The molecule has 0 unspecified atom stereocenters. The molecule has 0 radical (unpaired) electrons. The first-order valence-corrected chi connectivity index (χ1v) is 22.0. The van der Waals surface area contributed by atoms with E-state index in [1.807, 2.05) is 0 Å². The van der Waals surface area contributed by atoms with Gasteiger partial charge in [-0.3, -0.25) is 0 Å². The van der Waals surface area contributed by atoms with Crippen molar-refractivity contribution in [1.29, 1.82) is 0 Å². The second-order valence-electron chi connectivity index (χ2n) is 14.5. The summed E-state index contributed by atoms with van der Waals surface area (Å²) >= 11 is 0. The molecule has 0 aromatic rings. The van der Waals surface area contributed by atoms with Crippen molar-refractivity contribution in [1.82, 2.24) is 0 Å². The molecule has 0 atom stereocenters. The molecule has 1 rings (SSSR count). The summed E-state index contributed by atoms with van der Waals surface area (Å²) in [6, 6.07) is 2.48. The Labute approximate surface area is 246 Å². The van der Waals surface area contributed by atoms with E-state index in [0.29, 0.717) is 19.8 Å². The Morgan fingerprint density at radius 3 is 0.821 bits per heavy atom. The molecule has 0 bridgehead atoms. The van der Waals surface area contributed by atoms with Crippen LogP contribution in [0.1, 0.15) is 122 Å². The summed E-state index contributed by atoms with van der Waals surface area (Å²) in [7, 11) is -8.47. The van der Waals surface area contributed by atoms with E-state index in [-0.39, 0.29) is 15.1 Å². The maximum Gasteiger partial charge on any atom is 0.328 e. The number of rotatable bonds is 18. The normalized spacial score (nSPS) is 26.8. The molecule has 1 heterocycles. The van der Waals surface area contributed by atoms with E-state index in [1.165, 1.54) is 0 Å². The van der Waals surface area contributed by atoms with E-state index in [0.717, 1.165) is 76.5 Å². The van der Waals surface area contributed by atoms with Crippen molar-refractivity contribution < 1.29 is 26.6 Å². The number of ether oxygens (including phenoxy) is 3. The molecule has 0 spiro atoms. The Hall–Kier alpha value is 0.411. The predicted molar refractivity (Wildman–Crippen MR) is 171 cm³/mol. The van der Waals surface area contributed by atoms with Gasteiger partial charge in [-0.25, -0.2) is 0 Å². The molecule has 1 aliphatic heterocycles. The van der Waals surface area contributed by atoms with Gasteiger partial charge in [-0.2, -0.15) is 0 Å². The van der Waals surface area contributed by atoms with Gasteiger partial charge in [0.1, 0.15) is 0 Å². The van der Waals surface area contributed by atoms with Crippen LogP contribution in [0.4, 0.5) is 0 Å². The number of unbranched alkanes of at least 4 members (excludes halogenated alkanes) is 3. The maximum atomic E-state index is 7.57. The second kappa shape index (κ2) is 16.3. The van der Waals surface area contributed by atoms with E-state index < -0.39 is 25.7 Å². The minimum atomic E-state index is -2.82. The molecule has 39 heavy (non-hydrogen) atoms. The lowest BCUT2D eigenvalue weighted by Gasteiger charge is -2.62. The summed E-state index contributed by atoms with van der Waals surface area (Å²) in [6.07, 6.45) is 6.66. The van der Waals surface area contributed by atoms with Crippen molar-refractivity contribution in [3.8, 4) is 0 Å². The fraction of sp³-hybridized carbons (Fsp3) is 1.00. The van der Waals surface area contributed by atoms with Gasteiger partial charge in [0.25, 0.3) is 0 Å². The fourth-order valence-electron chi connectivity index (χ4n) is 4.88. The van der Waals surface area contributed by atoms with E-state index >= 15 is 0 Å². The summed E-state index contributed by atoms with van der Waals surface area (Å²) in [5.41, 5.74) is 0. The molecule has 0 aliphatic carbocycles. The van der Waals surface area contributed by atoms with Crippen LogP contribution in [0.25, 0.3) is 0 Å². The van der Waals surface area contributed by atoms with Crippen LogP contribution in [0.3, 0.4) is 0 Å². The first-order valence-electron chi connectivity index (χ1n) is 15.9. The first-order chi connectivity index (χ1) is 18.1. The Morgan fingerprint density at radius 2 is 0.641 bits per heavy atom. The van der Waals surface area contributed by atoms with Crippen molar-refractivity contribution in [2.45, 2.75) is 155 Å². The van der Waals surface area contributed by atoms with Gasteiger partial charge in [-0.1, -0.05) is 102 Å². The van der Waals surface area contributed by atoms with Crippen LogP contribution in [0.15, 0.2) is 0 Å². The molecule has 6 nitrogen and oxygen atoms in total. The molecule has 1 aliphatic rings. The second-order valence-corrected chi connectivity index (χ2v) is 27.4. The summed E-state index contributed by atoms with van der Waals surface area (Å²) in [5.74, 6) is 0. The predicted octanol–water partition coefficient (Wildman–Crippen LogP) is 9.23. The van der Waals surface area contributed by atoms with E-state index in [4.69, 9.17) is 26.6 Å². The number of hydrogen-bond acceptors (Lipinski definition) is 6. The zero-order chi connectivity index (χ0) is 29.8. The smallest absolute Gasteiger partial charge is 0.328 e. The van der Waals surface area contributed by atoms with Gasteiger partial charge in [0, 0.05) is 72.9 Å². The molecule has 1 fully saturated rings. The Kier molecular flexibility index (Phi) is 15.7. The highest BCUT2D eigenvalue weighted by Crippen LogP contribution is 2.58. The van der Waals surface area contributed by atoms with Gasteiger partial charge in [-0.05, 0) is 19.3 Å². The van der Waals surface area contributed by atoms with Crippen LogP contribution < -0.4 is 0 Å². The number of hydrogen-bond donors (Lipinski definition) is 0. The lowest BCUT2D eigenvalue weighted by atomic mass is 10.2. The van der Waals surface area contributed by atoms with Gasteiger partial charge in [0.2, 0.25) is 0 Å². The highest BCUT2D eigenvalue weighted by atomic mass is 28.5. The molecular weight excluding hydrogens is 541 g/mol. The van der Waals surface area contributed by atoms with Crippen molar-refractivity contribution in [3.63, 3.8) is 0 Å². The van der Waals surface area contributed by atoms with Crippen LogP contribution in [-0.2, 0) is 26.6 Å². The zero-order valence-corrected chi connectivity index (χ0v) is 31.1. The summed E-state index contributed by atoms with van der Waals surface area (Å²) in [4.78, 5) is 0. The van der Waals surface area contributed by atoms with Crippen molar-refractivity contribution in [3.05, 3.63) is 0 Å². The highest BCUT2D eigenvalue weighted by molar-refractivity contribution is 6.97.